The van der Waals surface area contributed by atoms with Crippen LogP contribution >= 0.6 is 23.2 Å². The van der Waals surface area contributed by atoms with Gasteiger partial charge in [-0.05, 0) is 42.0 Å². The van der Waals surface area contributed by atoms with E-state index in [0.29, 0.717) is 28.7 Å². The van der Waals surface area contributed by atoms with Crippen molar-refractivity contribution in [3.63, 3.8) is 0 Å². The van der Waals surface area contributed by atoms with Crippen molar-refractivity contribution < 1.29 is 9.90 Å². The number of anilines is 1. The highest BCUT2D eigenvalue weighted by atomic mass is 35.5. The largest absolute Gasteiger partial charge is 0.383 e. The topological polar surface area (TPSA) is 59.6 Å². The Hall–Kier alpha value is -2.83. The first-order valence-corrected chi connectivity index (χ1v) is 12.1. The number of fused-ring (bicyclic) bond motifs is 1. The smallest absolute Gasteiger partial charge is 0.195 e. The van der Waals surface area contributed by atoms with Crippen LogP contribution in [-0.4, -0.2) is 53.1 Å². The lowest BCUT2D eigenvalue weighted by Crippen LogP contribution is -2.51. The highest BCUT2D eigenvalue weighted by molar-refractivity contribution is 6.31. The summed E-state index contributed by atoms with van der Waals surface area (Å²) in [6.45, 7) is 2.91. The summed E-state index contributed by atoms with van der Waals surface area (Å²) in [6.07, 6.45) is 0.463. The Morgan fingerprint density at radius 2 is 1.62 bits per heavy atom. The molecule has 2 atom stereocenters. The number of carbonyl (C=O) groups excluding carboxylic acids is 1. The third-order valence-electron chi connectivity index (χ3n) is 6.51. The number of nitrogens with one attached hydrogen (secondary N) is 1. The number of carbonyl (C=O) groups is 1. The average molecular weight is 494 g/mol. The van der Waals surface area contributed by atoms with Gasteiger partial charge in [0.2, 0.25) is 0 Å². The van der Waals surface area contributed by atoms with Crippen LogP contribution in [0.25, 0.3) is 10.9 Å². The Morgan fingerprint density at radius 3 is 2.35 bits per heavy atom. The number of piperazine rings is 1. The number of H-pyrrole nitrogens is 1. The quantitative estimate of drug-likeness (QED) is 0.344. The standard InChI is InChI=1S/C27H25Cl2N3O2/c28-19-10-8-18(9-11-19)25(27(34)26(33)23-17-30-24-7-2-1-6-22(23)24)32-14-12-31(13-15-32)21-5-3-4-20(29)16-21/h1-11,16-17,25,27,30,34H,12-15H2. The van der Waals surface area contributed by atoms with Crippen molar-refractivity contribution >= 4 is 45.6 Å². The van der Waals surface area contributed by atoms with E-state index in [0.717, 1.165) is 35.2 Å². The van der Waals surface area contributed by atoms with Crippen LogP contribution in [0.3, 0.4) is 0 Å². The molecule has 34 heavy (non-hydrogen) atoms. The molecular weight excluding hydrogens is 469 g/mol. The molecule has 1 aromatic heterocycles. The van der Waals surface area contributed by atoms with E-state index in [1.54, 1.807) is 18.3 Å². The number of hydrogen-bond acceptors (Lipinski definition) is 4. The van der Waals surface area contributed by atoms with Gasteiger partial charge in [-0.3, -0.25) is 9.69 Å². The summed E-state index contributed by atoms with van der Waals surface area (Å²) in [5.41, 5.74) is 3.31. The number of ketones is 1. The number of Topliss-reactive ketones (excluding diaryl/α,β-unsaturated/α-hetero) is 1. The van der Waals surface area contributed by atoms with Gasteiger partial charge in [-0.2, -0.15) is 0 Å². The Labute approximate surface area is 208 Å². The van der Waals surface area contributed by atoms with Gasteiger partial charge in [-0.15, -0.1) is 0 Å². The Bertz CT molecular complexity index is 1300. The van der Waals surface area contributed by atoms with Gasteiger partial charge in [0, 0.05) is 64.6 Å². The molecule has 2 heterocycles. The van der Waals surface area contributed by atoms with E-state index < -0.39 is 12.1 Å². The highest BCUT2D eigenvalue weighted by Gasteiger charge is 2.35. The van der Waals surface area contributed by atoms with Crippen LogP contribution < -0.4 is 4.90 Å². The van der Waals surface area contributed by atoms with Crippen molar-refractivity contribution in [2.45, 2.75) is 12.1 Å². The second-order valence-electron chi connectivity index (χ2n) is 8.56. The van der Waals surface area contributed by atoms with Crippen molar-refractivity contribution in [1.29, 1.82) is 0 Å². The zero-order chi connectivity index (χ0) is 23.7. The number of aromatic nitrogens is 1. The molecule has 0 saturated carbocycles. The maximum atomic E-state index is 13.5. The third-order valence-corrected chi connectivity index (χ3v) is 7.00. The predicted molar refractivity (Wildman–Crippen MR) is 138 cm³/mol. The lowest BCUT2D eigenvalue weighted by atomic mass is 9.93. The summed E-state index contributed by atoms with van der Waals surface area (Å²) in [4.78, 5) is 21.1. The first-order chi connectivity index (χ1) is 16.5. The van der Waals surface area contributed by atoms with Crippen molar-refractivity contribution in [1.82, 2.24) is 9.88 Å². The molecule has 5 rings (SSSR count). The molecule has 5 nitrogen and oxygen atoms in total. The summed E-state index contributed by atoms with van der Waals surface area (Å²) in [6, 6.07) is 22.3. The maximum absolute atomic E-state index is 13.5. The molecule has 7 heteroatoms. The Morgan fingerprint density at radius 1 is 0.882 bits per heavy atom. The van der Waals surface area contributed by atoms with Crippen LogP contribution in [-0.2, 0) is 0 Å². The van der Waals surface area contributed by atoms with Gasteiger partial charge < -0.3 is 15.0 Å². The molecule has 0 amide bonds. The summed E-state index contributed by atoms with van der Waals surface area (Å²) in [7, 11) is 0. The molecule has 1 aliphatic heterocycles. The minimum Gasteiger partial charge on any atom is -0.383 e. The Kier molecular flexibility index (Phi) is 6.61. The summed E-state index contributed by atoms with van der Waals surface area (Å²) >= 11 is 12.3. The molecule has 2 unspecified atom stereocenters. The number of nitrogens with zero attached hydrogens (tertiary/aromatic N) is 2. The first-order valence-electron chi connectivity index (χ1n) is 11.3. The third kappa shape index (κ3) is 4.57. The number of hydrogen-bond donors (Lipinski definition) is 2. The minimum atomic E-state index is -1.22. The SMILES string of the molecule is O=C(c1c[nH]c2ccccc12)C(O)C(c1ccc(Cl)cc1)N1CCN(c2cccc(Cl)c2)CC1. The number of halogens is 2. The number of rotatable bonds is 6. The molecule has 0 radical (unpaired) electrons. The van der Waals surface area contributed by atoms with Crippen molar-refractivity contribution in [3.8, 4) is 0 Å². The number of aromatic amines is 1. The fourth-order valence-electron chi connectivity index (χ4n) is 4.76. The Balaban J connectivity index is 1.42. The van der Waals surface area contributed by atoms with Gasteiger partial charge in [0.05, 0.1) is 6.04 Å². The van der Waals surface area contributed by atoms with Gasteiger partial charge in [-0.1, -0.05) is 59.6 Å². The second-order valence-corrected chi connectivity index (χ2v) is 9.43. The van der Waals surface area contributed by atoms with Crippen LogP contribution in [0.4, 0.5) is 5.69 Å². The normalized spacial score (nSPS) is 16.5. The number of benzene rings is 3. The molecule has 0 aliphatic carbocycles. The number of aliphatic hydroxyl groups is 1. The second kappa shape index (κ2) is 9.80. The zero-order valence-corrected chi connectivity index (χ0v) is 20.0. The monoisotopic (exact) mass is 493 g/mol. The van der Waals surface area contributed by atoms with Crippen molar-refractivity contribution in [2.24, 2.45) is 0 Å². The van der Waals surface area contributed by atoms with Crippen molar-refractivity contribution in [2.75, 3.05) is 31.1 Å². The molecule has 1 aliphatic rings. The average Bonchev–Trinajstić information content (AvgIpc) is 3.29. The molecule has 2 N–H and O–H groups in total. The first kappa shape index (κ1) is 22.9. The molecule has 3 aromatic carbocycles. The molecule has 174 valence electrons. The van der Waals surface area contributed by atoms with Crippen LogP contribution in [0.2, 0.25) is 10.0 Å². The minimum absolute atomic E-state index is 0.297. The van der Waals surface area contributed by atoms with E-state index in [1.807, 2.05) is 60.7 Å². The van der Waals surface area contributed by atoms with Gasteiger partial charge in [0.1, 0.15) is 6.10 Å². The van der Waals surface area contributed by atoms with Gasteiger partial charge in [-0.25, -0.2) is 0 Å². The summed E-state index contributed by atoms with van der Waals surface area (Å²) in [5.74, 6) is -0.297. The van der Waals surface area contributed by atoms with Crippen molar-refractivity contribution in [3.05, 3.63) is 100 Å². The summed E-state index contributed by atoms with van der Waals surface area (Å²) < 4.78 is 0. The number of para-hydroxylation sites is 1. The molecule has 1 saturated heterocycles. The van der Waals surface area contributed by atoms with Crippen LogP contribution in [0.15, 0.2) is 79.0 Å². The number of aliphatic hydroxyl groups excluding tert-OH is 1. The summed E-state index contributed by atoms with van der Waals surface area (Å²) in [5, 5.41) is 13.6. The van der Waals surface area contributed by atoms with Gasteiger partial charge in [0.25, 0.3) is 0 Å². The van der Waals surface area contributed by atoms with Gasteiger partial charge in [0.15, 0.2) is 5.78 Å². The highest BCUT2D eigenvalue weighted by Crippen LogP contribution is 2.31. The van der Waals surface area contributed by atoms with Crippen LogP contribution in [0.5, 0.6) is 0 Å². The fraction of sp³-hybridized carbons (Fsp3) is 0.222. The van der Waals surface area contributed by atoms with E-state index in [2.05, 4.69) is 14.8 Å². The lowest BCUT2D eigenvalue weighted by Gasteiger charge is -2.41. The molecule has 0 bridgehead atoms. The molecule has 4 aromatic rings. The molecule has 1 fully saturated rings. The maximum Gasteiger partial charge on any atom is 0.195 e. The van der Waals surface area contributed by atoms with Crippen LogP contribution in [0.1, 0.15) is 22.0 Å². The molecule has 0 spiro atoms. The zero-order valence-electron chi connectivity index (χ0n) is 18.5. The van der Waals surface area contributed by atoms with E-state index in [-0.39, 0.29) is 5.78 Å². The van der Waals surface area contributed by atoms with Gasteiger partial charge >= 0.3 is 0 Å². The van der Waals surface area contributed by atoms with E-state index in [9.17, 15) is 9.90 Å². The predicted octanol–water partition coefficient (Wildman–Crippen LogP) is 5.58. The van der Waals surface area contributed by atoms with E-state index in [1.165, 1.54) is 0 Å². The van der Waals surface area contributed by atoms with E-state index in [4.69, 9.17) is 23.2 Å². The lowest BCUT2D eigenvalue weighted by molar-refractivity contribution is 0.0366. The fourth-order valence-corrected chi connectivity index (χ4v) is 5.07. The molecular formula is C27H25Cl2N3O2. The van der Waals surface area contributed by atoms with Crippen LogP contribution in [0, 0.1) is 0 Å². The van der Waals surface area contributed by atoms with E-state index >= 15 is 0 Å².